The van der Waals surface area contributed by atoms with Crippen LogP contribution in [0, 0.1) is 6.92 Å². The largest absolute Gasteiger partial charge is 0.417 e. The third-order valence-corrected chi connectivity index (χ3v) is 4.50. The van der Waals surface area contributed by atoms with Gasteiger partial charge in [-0.2, -0.15) is 23.4 Å². The quantitative estimate of drug-likeness (QED) is 0.513. The number of halogens is 3. The van der Waals surface area contributed by atoms with E-state index in [1.54, 1.807) is 25.4 Å². The van der Waals surface area contributed by atoms with Crippen molar-refractivity contribution in [1.82, 2.24) is 29.9 Å². The van der Waals surface area contributed by atoms with Gasteiger partial charge < -0.3 is 5.32 Å². The molecule has 158 valence electrons. The molecule has 3 aromatic heterocycles. The minimum absolute atomic E-state index is 0.0852. The minimum atomic E-state index is -4.57. The van der Waals surface area contributed by atoms with Crippen LogP contribution in [0.4, 0.5) is 19.0 Å². The second-order valence-corrected chi connectivity index (χ2v) is 6.75. The predicted molar refractivity (Wildman–Crippen MR) is 106 cm³/mol. The van der Waals surface area contributed by atoms with E-state index in [9.17, 15) is 18.0 Å². The van der Waals surface area contributed by atoms with Gasteiger partial charge in [-0.05, 0) is 18.6 Å². The molecule has 0 aliphatic heterocycles. The van der Waals surface area contributed by atoms with Gasteiger partial charge in [-0.25, -0.2) is 14.6 Å². The van der Waals surface area contributed by atoms with Crippen molar-refractivity contribution in [3.05, 3.63) is 60.2 Å². The van der Waals surface area contributed by atoms with Crippen LogP contribution in [0.3, 0.4) is 0 Å². The molecule has 0 spiro atoms. The highest BCUT2D eigenvalue weighted by Gasteiger charge is 2.35. The summed E-state index contributed by atoms with van der Waals surface area (Å²) >= 11 is 0. The zero-order chi connectivity index (χ0) is 22.2. The van der Waals surface area contributed by atoms with Gasteiger partial charge in [0.25, 0.3) is 0 Å². The maximum Gasteiger partial charge on any atom is 0.417 e. The molecule has 1 aromatic carbocycles. The van der Waals surface area contributed by atoms with Crippen LogP contribution in [0.5, 0.6) is 0 Å². The molecule has 0 aliphatic carbocycles. The van der Waals surface area contributed by atoms with E-state index in [4.69, 9.17) is 0 Å². The number of rotatable bonds is 4. The molecule has 0 aliphatic rings. The van der Waals surface area contributed by atoms with Crippen LogP contribution in [0.15, 0.2) is 49.1 Å². The van der Waals surface area contributed by atoms with E-state index in [2.05, 4.69) is 30.6 Å². The van der Waals surface area contributed by atoms with Crippen molar-refractivity contribution in [3.8, 4) is 28.3 Å². The monoisotopic (exact) mass is 427 g/mol. The zero-order valence-electron chi connectivity index (χ0n) is 16.4. The normalized spacial score (nSPS) is 11.5. The number of pyridine rings is 1. The van der Waals surface area contributed by atoms with Gasteiger partial charge >= 0.3 is 6.18 Å². The first-order valence-electron chi connectivity index (χ1n) is 9.10. The van der Waals surface area contributed by atoms with Crippen LogP contribution in [0.25, 0.3) is 28.3 Å². The van der Waals surface area contributed by atoms with E-state index in [1.165, 1.54) is 36.1 Å². The van der Waals surface area contributed by atoms with Crippen molar-refractivity contribution >= 4 is 11.7 Å². The van der Waals surface area contributed by atoms with Gasteiger partial charge in [0.15, 0.2) is 5.82 Å². The number of aromatic amines is 1. The Hall–Kier alpha value is -4.02. The molecular weight excluding hydrogens is 411 g/mol. The lowest BCUT2D eigenvalue weighted by Gasteiger charge is -2.12. The van der Waals surface area contributed by atoms with Gasteiger partial charge in [0.1, 0.15) is 17.8 Å². The van der Waals surface area contributed by atoms with Crippen molar-refractivity contribution in [1.29, 1.82) is 0 Å². The van der Waals surface area contributed by atoms with Crippen molar-refractivity contribution < 1.29 is 18.0 Å². The molecule has 0 unspecified atom stereocenters. The van der Waals surface area contributed by atoms with E-state index < -0.39 is 11.7 Å². The number of anilines is 1. The molecule has 0 atom stereocenters. The third-order valence-electron chi connectivity index (χ3n) is 4.50. The van der Waals surface area contributed by atoms with Crippen LogP contribution >= 0.6 is 0 Å². The lowest BCUT2D eigenvalue weighted by atomic mass is 10.0. The smallest absolute Gasteiger partial charge is 0.311 e. The highest BCUT2D eigenvalue weighted by atomic mass is 19.4. The van der Waals surface area contributed by atoms with Crippen molar-refractivity contribution in [2.24, 2.45) is 0 Å². The second-order valence-electron chi connectivity index (χ2n) is 6.75. The Bertz CT molecular complexity index is 1250. The number of carbonyl (C=O) groups excluding carboxylic acids is 1. The molecule has 4 aromatic rings. The molecule has 0 radical (unpaired) electrons. The van der Waals surface area contributed by atoms with Crippen molar-refractivity contribution in [2.75, 3.05) is 5.32 Å². The van der Waals surface area contributed by atoms with Crippen LogP contribution in [0.1, 0.15) is 18.1 Å². The van der Waals surface area contributed by atoms with Crippen LogP contribution in [-0.4, -0.2) is 35.9 Å². The van der Waals surface area contributed by atoms with Crippen LogP contribution < -0.4 is 5.32 Å². The van der Waals surface area contributed by atoms with Gasteiger partial charge in [0.2, 0.25) is 5.91 Å². The molecular formula is C20H16F3N7O. The van der Waals surface area contributed by atoms with Crippen molar-refractivity contribution in [2.45, 2.75) is 20.0 Å². The molecule has 1 amide bonds. The van der Waals surface area contributed by atoms with E-state index in [-0.39, 0.29) is 23.0 Å². The second kappa shape index (κ2) is 7.67. The highest BCUT2D eigenvalue weighted by molar-refractivity contribution is 5.88. The summed E-state index contributed by atoms with van der Waals surface area (Å²) in [6, 6.07) is 6.79. The third kappa shape index (κ3) is 4.02. The fraction of sp³-hybridized carbons (Fsp3) is 0.150. The summed E-state index contributed by atoms with van der Waals surface area (Å²) in [4.78, 5) is 19.6. The molecule has 0 saturated heterocycles. The summed E-state index contributed by atoms with van der Waals surface area (Å²) in [5, 5.41) is 13.5. The fourth-order valence-electron chi connectivity index (χ4n) is 3.15. The molecule has 2 N–H and O–H groups in total. The maximum atomic E-state index is 13.7. The van der Waals surface area contributed by atoms with Gasteiger partial charge in [-0.3, -0.25) is 9.89 Å². The molecule has 4 rings (SSSR count). The van der Waals surface area contributed by atoms with Crippen LogP contribution in [-0.2, 0) is 11.0 Å². The number of benzene rings is 1. The number of hydrogen-bond donors (Lipinski definition) is 2. The Morgan fingerprint density at radius 3 is 2.61 bits per heavy atom. The summed E-state index contributed by atoms with van der Waals surface area (Å²) in [5.74, 6) is 0.263. The first kappa shape index (κ1) is 20.3. The number of H-pyrrole nitrogens is 1. The number of aryl methyl sites for hydroxylation is 1. The van der Waals surface area contributed by atoms with Crippen LogP contribution in [0.2, 0.25) is 0 Å². The topological polar surface area (TPSA) is 101 Å². The molecule has 0 bridgehead atoms. The zero-order valence-corrected chi connectivity index (χ0v) is 16.4. The van der Waals surface area contributed by atoms with Gasteiger partial charge in [-0.1, -0.05) is 18.2 Å². The highest BCUT2D eigenvalue weighted by Crippen LogP contribution is 2.39. The minimum Gasteiger partial charge on any atom is -0.311 e. The first-order chi connectivity index (χ1) is 14.7. The van der Waals surface area contributed by atoms with Crippen molar-refractivity contribution in [3.63, 3.8) is 0 Å². The number of alkyl halides is 3. The standard InChI is InChI=1S/C20H16F3N7O/c1-11-8-24-17(27-12(2)31)7-16(11)30-9-14(19-25-10-26-28-19)18(29-30)13-5-3-4-6-15(13)20(21,22)23/h3-10H,1-2H3,(H,24,27,31)(H,25,26,28). The SMILES string of the molecule is CC(=O)Nc1cc(-n2cc(-c3ncn[nH]3)c(-c3ccccc3C(F)(F)F)n2)c(C)cn1. The van der Waals surface area contributed by atoms with Gasteiger partial charge in [-0.15, -0.1) is 0 Å². The number of carbonyl (C=O) groups is 1. The summed E-state index contributed by atoms with van der Waals surface area (Å²) in [6.45, 7) is 3.13. The Morgan fingerprint density at radius 1 is 1.16 bits per heavy atom. The average Bonchev–Trinajstić information content (AvgIpc) is 3.38. The maximum absolute atomic E-state index is 13.7. The summed E-state index contributed by atoms with van der Waals surface area (Å²) in [7, 11) is 0. The molecule has 0 saturated carbocycles. The Kier molecular flexibility index (Phi) is 5.01. The molecule has 0 fully saturated rings. The van der Waals surface area contributed by atoms with Gasteiger partial charge in [0, 0.05) is 30.9 Å². The average molecular weight is 427 g/mol. The Balaban J connectivity index is 1.93. The van der Waals surface area contributed by atoms with E-state index in [0.717, 1.165) is 6.07 Å². The molecule has 31 heavy (non-hydrogen) atoms. The Morgan fingerprint density at radius 2 is 1.94 bits per heavy atom. The summed E-state index contributed by atoms with van der Waals surface area (Å²) < 4.78 is 42.4. The fourth-order valence-corrected chi connectivity index (χ4v) is 3.15. The number of nitrogens with one attached hydrogen (secondary N) is 2. The molecule has 8 nitrogen and oxygen atoms in total. The lowest BCUT2D eigenvalue weighted by Crippen LogP contribution is -2.09. The summed E-state index contributed by atoms with van der Waals surface area (Å²) in [6.07, 6.45) is -0.203. The number of nitrogens with zero attached hydrogens (tertiary/aromatic N) is 5. The number of hydrogen-bond acceptors (Lipinski definition) is 5. The van der Waals surface area contributed by atoms with E-state index >= 15 is 0 Å². The summed E-state index contributed by atoms with van der Waals surface area (Å²) in [5.41, 5.74) is 0.764. The number of aromatic nitrogens is 6. The van der Waals surface area contributed by atoms with E-state index in [1.807, 2.05) is 0 Å². The predicted octanol–water partition coefficient (Wildman–Crippen LogP) is 4.01. The van der Waals surface area contributed by atoms with E-state index in [0.29, 0.717) is 22.6 Å². The molecule has 11 heteroatoms. The first-order valence-corrected chi connectivity index (χ1v) is 9.10. The molecule has 3 heterocycles. The lowest BCUT2D eigenvalue weighted by molar-refractivity contribution is -0.137. The van der Waals surface area contributed by atoms with Gasteiger partial charge in [0.05, 0.1) is 16.8 Å². The Labute approximate surface area is 174 Å². The number of amides is 1.